The lowest BCUT2D eigenvalue weighted by Gasteiger charge is -2.00. The van der Waals surface area contributed by atoms with Crippen molar-refractivity contribution in [3.05, 3.63) is 35.4 Å². The summed E-state index contributed by atoms with van der Waals surface area (Å²) in [5.74, 6) is -1.53. The molecule has 0 bridgehead atoms. The number of rotatable bonds is 4. The summed E-state index contributed by atoms with van der Waals surface area (Å²) in [5.41, 5.74) is 0.429. The Morgan fingerprint density at radius 1 is 1.27 bits per heavy atom. The lowest BCUT2D eigenvalue weighted by atomic mass is 10.1. The van der Waals surface area contributed by atoms with Gasteiger partial charge >= 0.3 is 0 Å². The van der Waals surface area contributed by atoms with Gasteiger partial charge in [-0.3, -0.25) is 4.79 Å². The van der Waals surface area contributed by atoms with Crippen molar-refractivity contribution in [3.63, 3.8) is 0 Å². The van der Waals surface area contributed by atoms with Crippen LogP contribution >= 0.6 is 0 Å². The second-order valence-electron chi connectivity index (χ2n) is 3.15. The standard InChI is InChI=1S/C11H9F2NO/c12-9-5-8(6-10(13)7-9)1-2-11(15)3-4-14/h5-7H,1-3H2. The molecular weight excluding hydrogens is 200 g/mol. The van der Waals surface area contributed by atoms with Crippen molar-refractivity contribution >= 4 is 5.78 Å². The van der Waals surface area contributed by atoms with E-state index in [1.807, 2.05) is 0 Å². The van der Waals surface area contributed by atoms with Crippen molar-refractivity contribution in [2.75, 3.05) is 0 Å². The van der Waals surface area contributed by atoms with Gasteiger partial charge in [0.15, 0.2) is 0 Å². The molecule has 0 saturated carbocycles. The Labute approximate surface area is 86.1 Å². The summed E-state index contributed by atoms with van der Waals surface area (Å²) in [6.45, 7) is 0. The van der Waals surface area contributed by atoms with E-state index in [0.717, 1.165) is 6.07 Å². The van der Waals surface area contributed by atoms with Gasteiger partial charge in [-0.25, -0.2) is 8.78 Å². The predicted octanol–water partition coefficient (Wildman–Crippen LogP) is 2.38. The number of nitriles is 1. The zero-order valence-electron chi connectivity index (χ0n) is 7.96. The fourth-order valence-corrected chi connectivity index (χ4v) is 1.22. The largest absolute Gasteiger partial charge is 0.299 e. The van der Waals surface area contributed by atoms with E-state index in [1.165, 1.54) is 12.1 Å². The van der Waals surface area contributed by atoms with Gasteiger partial charge in [-0.15, -0.1) is 0 Å². The first-order valence-corrected chi connectivity index (χ1v) is 4.45. The maximum atomic E-state index is 12.7. The van der Waals surface area contributed by atoms with Crippen molar-refractivity contribution in [1.29, 1.82) is 5.26 Å². The molecule has 0 atom stereocenters. The molecule has 0 fully saturated rings. The van der Waals surface area contributed by atoms with Crippen LogP contribution < -0.4 is 0 Å². The highest BCUT2D eigenvalue weighted by atomic mass is 19.1. The molecule has 0 unspecified atom stereocenters. The highest BCUT2D eigenvalue weighted by molar-refractivity contribution is 5.80. The average molecular weight is 209 g/mol. The van der Waals surface area contributed by atoms with Crippen molar-refractivity contribution in [2.24, 2.45) is 0 Å². The van der Waals surface area contributed by atoms with Crippen molar-refractivity contribution < 1.29 is 13.6 Å². The summed E-state index contributed by atoms with van der Waals surface area (Å²) in [7, 11) is 0. The van der Waals surface area contributed by atoms with Crippen molar-refractivity contribution in [3.8, 4) is 6.07 Å². The minimum Gasteiger partial charge on any atom is -0.299 e. The van der Waals surface area contributed by atoms with Gasteiger partial charge < -0.3 is 0 Å². The third kappa shape index (κ3) is 3.86. The van der Waals surface area contributed by atoms with Gasteiger partial charge in [0.25, 0.3) is 0 Å². The average Bonchev–Trinajstić information content (AvgIpc) is 2.14. The SMILES string of the molecule is N#CCC(=O)CCc1cc(F)cc(F)c1. The summed E-state index contributed by atoms with van der Waals surface area (Å²) in [4.78, 5) is 11.0. The van der Waals surface area contributed by atoms with E-state index in [0.29, 0.717) is 5.56 Å². The highest BCUT2D eigenvalue weighted by Gasteiger charge is 2.04. The lowest BCUT2D eigenvalue weighted by molar-refractivity contribution is -0.118. The summed E-state index contributed by atoms with van der Waals surface area (Å²) in [6.07, 6.45) is 0.240. The third-order valence-electron chi connectivity index (χ3n) is 1.89. The summed E-state index contributed by atoms with van der Waals surface area (Å²) in [6, 6.07) is 4.87. The first-order chi connectivity index (χ1) is 7.11. The molecule has 0 saturated heterocycles. The number of nitrogens with zero attached hydrogens (tertiary/aromatic N) is 1. The smallest absolute Gasteiger partial charge is 0.147 e. The van der Waals surface area contributed by atoms with E-state index in [-0.39, 0.29) is 25.0 Å². The fraction of sp³-hybridized carbons (Fsp3) is 0.273. The van der Waals surface area contributed by atoms with Gasteiger partial charge in [0.2, 0.25) is 0 Å². The van der Waals surface area contributed by atoms with E-state index < -0.39 is 11.6 Å². The van der Waals surface area contributed by atoms with E-state index >= 15 is 0 Å². The lowest BCUT2D eigenvalue weighted by Crippen LogP contribution is -1.99. The van der Waals surface area contributed by atoms with Gasteiger partial charge in [0.05, 0.1) is 12.5 Å². The summed E-state index contributed by atoms with van der Waals surface area (Å²) < 4.78 is 25.4. The molecule has 4 heteroatoms. The molecule has 0 aliphatic carbocycles. The van der Waals surface area contributed by atoms with Gasteiger partial charge in [-0.2, -0.15) is 5.26 Å². The molecule has 0 N–H and O–H groups in total. The van der Waals surface area contributed by atoms with Crippen LogP contribution in [0, 0.1) is 23.0 Å². The second kappa shape index (κ2) is 5.20. The zero-order valence-corrected chi connectivity index (χ0v) is 7.96. The van der Waals surface area contributed by atoms with Crippen LogP contribution in [0.25, 0.3) is 0 Å². The Hall–Kier alpha value is -1.76. The fourth-order valence-electron chi connectivity index (χ4n) is 1.22. The first kappa shape index (κ1) is 11.3. The molecule has 0 aliphatic rings. The molecule has 0 heterocycles. The Morgan fingerprint density at radius 2 is 1.87 bits per heavy atom. The van der Waals surface area contributed by atoms with E-state index in [9.17, 15) is 13.6 Å². The molecule has 1 aromatic rings. The van der Waals surface area contributed by atoms with Crippen LogP contribution in [0.1, 0.15) is 18.4 Å². The molecule has 0 aromatic heterocycles. The number of aryl methyl sites for hydroxylation is 1. The number of benzene rings is 1. The number of ketones is 1. The normalized spacial score (nSPS) is 9.67. The maximum absolute atomic E-state index is 12.7. The van der Waals surface area contributed by atoms with Crippen LogP contribution in [-0.4, -0.2) is 5.78 Å². The van der Waals surface area contributed by atoms with Crippen molar-refractivity contribution in [1.82, 2.24) is 0 Å². The third-order valence-corrected chi connectivity index (χ3v) is 1.89. The van der Waals surface area contributed by atoms with E-state index in [4.69, 9.17) is 5.26 Å². The number of carbonyl (C=O) groups is 1. The monoisotopic (exact) mass is 209 g/mol. The van der Waals surface area contributed by atoms with Crippen LogP contribution in [0.3, 0.4) is 0 Å². The van der Waals surface area contributed by atoms with Crippen molar-refractivity contribution in [2.45, 2.75) is 19.3 Å². The van der Waals surface area contributed by atoms with Crippen LogP contribution in [0.15, 0.2) is 18.2 Å². The number of Topliss-reactive ketones (excluding diaryl/α,β-unsaturated/α-hetero) is 1. The predicted molar refractivity (Wildman–Crippen MR) is 49.9 cm³/mol. The van der Waals surface area contributed by atoms with Gasteiger partial charge in [0.1, 0.15) is 17.4 Å². The van der Waals surface area contributed by atoms with Crippen LogP contribution in [0.4, 0.5) is 8.78 Å². The minimum atomic E-state index is -0.655. The summed E-state index contributed by atoms with van der Waals surface area (Å²) >= 11 is 0. The summed E-state index contributed by atoms with van der Waals surface area (Å²) in [5, 5.41) is 8.23. The quantitative estimate of drug-likeness (QED) is 0.763. The van der Waals surface area contributed by atoms with Gasteiger partial charge in [0, 0.05) is 12.5 Å². The Kier molecular flexibility index (Phi) is 3.92. The molecule has 15 heavy (non-hydrogen) atoms. The molecule has 78 valence electrons. The van der Waals surface area contributed by atoms with Crippen LogP contribution in [0.2, 0.25) is 0 Å². The van der Waals surface area contributed by atoms with E-state index in [1.54, 1.807) is 6.07 Å². The van der Waals surface area contributed by atoms with Gasteiger partial charge in [-0.05, 0) is 24.1 Å². The minimum absolute atomic E-state index is 0.135. The Balaban J connectivity index is 2.58. The Morgan fingerprint density at radius 3 is 2.40 bits per heavy atom. The molecule has 0 radical (unpaired) electrons. The maximum Gasteiger partial charge on any atom is 0.147 e. The van der Waals surface area contributed by atoms with Crippen LogP contribution in [0.5, 0.6) is 0 Å². The molecule has 1 rings (SSSR count). The molecule has 0 amide bonds. The topological polar surface area (TPSA) is 40.9 Å². The number of hydrogen-bond donors (Lipinski definition) is 0. The highest BCUT2D eigenvalue weighted by Crippen LogP contribution is 2.10. The van der Waals surface area contributed by atoms with E-state index in [2.05, 4.69) is 0 Å². The van der Waals surface area contributed by atoms with Gasteiger partial charge in [-0.1, -0.05) is 0 Å². The zero-order chi connectivity index (χ0) is 11.3. The second-order valence-corrected chi connectivity index (χ2v) is 3.15. The Bertz CT molecular complexity index is 389. The number of carbonyl (C=O) groups excluding carboxylic acids is 1. The molecule has 0 aliphatic heterocycles. The molecule has 2 nitrogen and oxygen atoms in total. The number of halogens is 2. The van der Waals surface area contributed by atoms with Crippen LogP contribution in [-0.2, 0) is 11.2 Å². The molecule has 1 aromatic carbocycles. The number of hydrogen-bond acceptors (Lipinski definition) is 2. The first-order valence-electron chi connectivity index (χ1n) is 4.45. The molecular formula is C11H9F2NO. The molecule has 0 spiro atoms.